The van der Waals surface area contributed by atoms with Crippen LogP contribution in [0.1, 0.15) is 66.8 Å². The number of hydrogen-bond donors (Lipinski definition) is 1. The summed E-state index contributed by atoms with van der Waals surface area (Å²) < 4.78 is 8.42. The maximum Gasteiger partial charge on any atom is 0.252 e. The van der Waals surface area contributed by atoms with E-state index in [1.807, 2.05) is 35.9 Å². The number of likely N-dealkylation sites (tertiary alicyclic amines) is 1. The van der Waals surface area contributed by atoms with Crippen molar-refractivity contribution in [3.63, 3.8) is 0 Å². The monoisotopic (exact) mass is 433 g/mol. The van der Waals surface area contributed by atoms with Gasteiger partial charge in [0.05, 0.1) is 23.2 Å². The number of amides is 1. The van der Waals surface area contributed by atoms with Crippen molar-refractivity contribution in [2.45, 2.75) is 57.7 Å². The number of aromatic nitrogens is 3. The summed E-state index contributed by atoms with van der Waals surface area (Å²) in [7, 11) is 2.15. The fourth-order valence-electron chi connectivity index (χ4n) is 5.02. The molecule has 1 fully saturated rings. The van der Waals surface area contributed by atoms with Crippen LogP contribution in [0.2, 0.25) is 0 Å². The van der Waals surface area contributed by atoms with E-state index in [9.17, 15) is 4.79 Å². The molecule has 4 heterocycles. The molecule has 1 aromatic carbocycles. The van der Waals surface area contributed by atoms with Gasteiger partial charge in [0.15, 0.2) is 5.65 Å². The number of carbonyl (C=O) groups excluding carboxylic acids is 1. The van der Waals surface area contributed by atoms with Gasteiger partial charge in [-0.2, -0.15) is 5.10 Å². The second-order valence-corrected chi connectivity index (χ2v) is 9.59. The van der Waals surface area contributed by atoms with Gasteiger partial charge in [-0.05, 0) is 52.8 Å². The van der Waals surface area contributed by atoms with Crippen molar-refractivity contribution in [1.29, 1.82) is 0 Å². The normalized spacial score (nSPS) is 20.3. The van der Waals surface area contributed by atoms with E-state index in [4.69, 9.17) is 4.74 Å². The van der Waals surface area contributed by atoms with Gasteiger partial charge in [0.25, 0.3) is 5.91 Å². The lowest BCUT2D eigenvalue weighted by Crippen LogP contribution is -2.51. The average molecular weight is 434 g/mol. The van der Waals surface area contributed by atoms with Gasteiger partial charge in [0, 0.05) is 36.8 Å². The lowest BCUT2D eigenvalue weighted by Gasteiger charge is -2.46. The van der Waals surface area contributed by atoms with Crippen LogP contribution in [0, 0.1) is 6.92 Å². The predicted molar refractivity (Wildman–Crippen MR) is 124 cm³/mol. The summed E-state index contributed by atoms with van der Waals surface area (Å²) in [5, 5.41) is 8.61. The Labute approximate surface area is 188 Å². The number of carbonyl (C=O) groups is 1. The summed E-state index contributed by atoms with van der Waals surface area (Å²) in [6.45, 7) is 8.06. The summed E-state index contributed by atoms with van der Waals surface area (Å²) in [5.74, 6) is 0.797. The second kappa shape index (κ2) is 7.89. The molecule has 168 valence electrons. The molecule has 32 heavy (non-hydrogen) atoms. The summed E-state index contributed by atoms with van der Waals surface area (Å²) in [6.07, 6.45) is 4.46. The van der Waals surface area contributed by atoms with E-state index in [1.165, 1.54) is 0 Å². The number of para-hydroxylation sites is 1. The molecule has 2 aliphatic heterocycles. The highest BCUT2D eigenvalue weighted by atomic mass is 16.5. The van der Waals surface area contributed by atoms with Gasteiger partial charge in [0.2, 0.25) is 0 Å². The molecule has 2 aliphatic rings. The maximum absolute atomic E-state index is 13.6. The Morgan fingerprint density at radius 3 is 2.75 bits per heavy atom. The fourth-order valence-corrected chi connectivity index (χ4v) is 5.02. The Hall–Kier alpha value is -2.93. The number of nitrogens with zero attached hydrogens (tertiary/aromatic N) is 4. The zero-order valence-corrected chi connectivity index (χ0v) is 19.3. The van der Waals surface area contributed by atoms with Gasteiger partial charge in [-0.15, -0.1) is 0 Å². The highest BCUT2D eigenvalue weighted by molar-refractivity contribution is 6.05. The van der Waals surface area contributed by atoms with Crippen molar-refractivity contribution in [3.05, 3.63) is 53.3 Å². The molecule has 7 heteroatoms. The van der Waals surface area contributed by atoms with Crippen LogP contribution in [0.25, 0.3) is 11.0 Å². The van der Waals surface area contributed by atoms with Crippen molar-refractivity contribution >= 4 is 16.9 Å². The van der Waals surface area contributed by atoms with Crippen LogP contribution in [-0.4, -0.2) is 51.3 Å². The van der Waals surface area contributed by atoms with Crippen LogP contribution in [0.15, 0.2) is 36.5 Å². The van der Waals surface area contributed by atoms with Crippen LogP contribution in [0.4, 0.5) is 0 Å². The zero-order chi connectivity index (χ0) is 22.5. The van der Waals surface area contributed by atoms with Crippen molar-refractivity contribution in [2.24, 2.45) is 0 Å². The first-order chi connectivity index (χ1) is 15.3. The van der Waals surface area contributed by atoms with Gasteiger partial charge < -0.3 is 15.0 Å². The van der Waals surface area contributed by atoms with Gasteiger partial charge in [-0.1, -0.05) is 18.2 Å². The molecular formula is C25H31N5O2. The number of nitrogens with one attached hydrogen (secondary N) is 1. The molecule has 7 nitrogen and oxygen atoms in total. The number of piperidine rings is 1. The smallest absolute Gasteiger partial charge is 0.252 e. The highest BCUT2D eigenvalue weighted by Gasteiger charge is 2.43. The largest absolute Gasteiger partial charge is 0.487 e. The number of pyridine rings is 1. The minimum Gasteiger partial charge on any atom is -0.487 e. The Kier molecular flexibility index (Phi) is 5.16. The minimum atomic E-state index is -0.231. The molecule has 0 bridgehead atoms. The molecular weight excluding hydrogens is 402 g/mol. The number of aryl methyl sites for hydroxylation is 1. The third-order valence-corrected chi connectivity index (χ3v) is 6.83. The molecule has 1 amide bonds. The van der Waals surface area contributed by atoms with Gasteiger partial charge in [-0.3, -0.25) is 4.79 Å². The standard InChI is InChI=1S/C25H31N5O2/c1-16(2)30-23-20(15-26-30)19(13-17(3)27-23)24(31)28-21-14-25(9-11-29(4)12-10-25)32-22-8-6-5-7-18(21)22/h5-8,13,15-16,21H,9-12,14H2,1-4H3,(H,28,31). The van der Waals surface area contributed by atoms with E-state index in [1.54, 1.807) is 6.20 Å². The van der Waals surface area contributed by atoms with Gasteiger partial charge in [0.1, 0.15) is 11.4 Å². The third kappa shape index (κ3) is 3.64. The van der Waals surface area contributed by atoms with E-state index >= 15 is 0 Å². The lowest BCUT2D eigenvalue weighted by molar-refractivity contribution is -0.0195. The summed E-state index contributed by atoms with van der Waals surface area (Å²) >= 11 is 0. The SMILES string of the molecule is Cc1cc(C(=O)NC2CC3(CCN(C)CC3)Oc3ccccc32)c2cnn(C(C)C)c2n1. The van der Waals surface area contributed by atoms with Gasteiger partial charge >= 0.3 is 0 Å². The van der Waals surface area contributed by atoms with Crippen molar-refractivity contribution in [1.82, 2.24) is 25.0 Å². The van der Waals surface area contributed by atoms with Crippen LogP contribution in [-0.2, 0) is 0 Å². The second-order valence-electron chi connectivity index (χ2n) is 9.59. The molecule has 1 N–H and O–H groups in total. The number of ether oxygens (including phenoxy) is 1. The first-order valence-corrected chi connectivity index (χ1v) is 11.5. The minimum absolute atomic E-state index is 0.0893. The summed E-state index contributed by atoms with van der Waals surface area (Å²) in [4.78, 5) is 20.6. The van der Waals surface area contributed by atoms with Crippen LogP contribution >= 0.6 is 0 Å². The average Bonchev–Trinajstić information content (AvgIpc) is 3.19. The molecule has 5 rings (SSSR count). The summed E-state index contributed by atoms with van der Waals surface area (Å²) in [5.41, 5.74) is 3.00. The van der Waals surface area contributed by atoms with Crippen LogP contribution in [0.5, 0.6) is 5.75 Å². The van der Waals surface area contributed by atoms with Crippen LogP contribution in [0.3, 0.4) is 0 Å². The van der Waals surface area contributed by atoms with Gasteiger partial charge in [-0.25, -0.2) is 9.67 Å². The third-order valence-electron chi connectivity index (χ3n) is 6.83. The van der Waals surface area contributed by atoms with E-state index in [2.05, 4.69) is 47.3 Å². The molecule has 1 saturated heterocycles. The number of hydrogen-bond acceptors (Lipinski definition) is 5. The molecule has 0 radical (unpaired) electrons. The van der Waals surface area contributed by atoms with E-state index in [-0.39, 0.29) is 23.6 Å². The first-order valence-electron chi connectivity index (χ1n) is 11.5. The topological polar surface area (TPSA) is 72.3 Å². The van der Waals surface area contributed by atoms with Crippen molar-refractivity contribution in [3.8, 4) is 5.75 Å². The Bertz CT molecular complexity index is 1160. The van der Waals surface area contributed by atoms with Crippen molar-refractivity contribution in [2.75, 3.05) is 20.1 Å². The number of rotatable bonds is 3. The molecule has 1 unspecified atom stereocenters. The molecule has 0 saturated carbocycles. The van der Waals surface area contributed by atoms with Crippen molar-refractivity contribution < 1.29 is 9.53 Å². The molecule has 1 spiro atoms. The molecule has 0 aliphatic carbocycles. The quantitative estimate of drug-likeness (QED) is 0.675. The fraction of sp³-hybridized carbons (Fsp3) is 0.480. The molecule has 2 aromatic heterocycles. The maximum atomic E-state index is 13.6. The highest BCUT2D eigenvalue weighted by Crippen LogP contribution is 2.44. The lowest BCUT2D eigenvalue weighted by atomic mass is 9.80. The Balaban J connectivity index is 1.49. The van der Waals surface area contributed by atoms with E-state index in [0.29, 0.717) is 5.56 Å². The number of benzene rings is 1. The Morgan fingerprint density at radius 2 is 2.00 bits per heavy atom. The first kappa shape index (κ1) is 20.9. The zero-order valence-electron chi connectivity index (χ0n) is 19.3. The van der Waals surface area contributed by atoms with Crippen LogP contribution < -0.4 is 10.1 Å². The van der Waals surface area contributed by atoms with E-state index in [0.717, 1.165) is 60.4 Å². The number of fused-ring (bicyclic) bond motifs is 2. The molecule has 3 aromatic rings. The molecule has 1 atom stereocenters. The predicted octanol–water partition coefficient (Wildman–Crippen LogP) is 4.04. The van der Waals surface area contributed by atoms with E-state index < -0.39 is 0 Å². The summed E-state index contributed by atoms with van der Waals surface area (Å²) in [6, 6.07) is 10.0. The Morgan fingerprint density at radius 1 is 1.25 bits per heavy atom.